The van der Waals surface area contributed by atoms with Gasteiger partial charge in [-0.1, -0.05) is 55.5 Å². The van der Waals surface area contributed by atoms with Gasteiger partial charge in [-0.05, 0) is 78.1 Å². The first kappa shape index (κ1) is 23.0. The van der Waals surface area contributed by atoms with Crippen LogP contribution in [0.2, 0.25) is 0 Å². The number of aryl methyl sites for hydroxylation is 2. The number of methoxy groups -OCH3 is 1. The number of hydrogen-bond acceptors (Lipinski definition) is 3. The lowest BCUT2D eigenvalue weighted by Gasteiger charge is -2.17. The number of benzene rings is 4. The van der Waals surface area contributed by atoms with Gasteiger partial charge in [0.25, 0.3) is 0 Å². The number of para-hydroxylation sites is 2. The van der Waals surface area contributed by atoms with E-state index in [0.717, 1.165) is 35.8 Å². The molecule has 178 valence electrons. The van der Waals surface area contributed by atoms with Crippen molar-refractivity contribution >= 4 is 21.8 Å². The Kier molecular flexibility index (Phi) is 6.45. The van der Waals surface area contributed by atoms with Gasteiger partial charge in [0, 0.05) is 12.5 Å². The lowest BCUT2D eigenvalue weighted by molar-refractivity contribution is 0.299. The van der Waals surface area contributed by atoms with E-state index in [1.54, 1.807) is 7.11 Å². The highest BCUT2D eigenvalue weighted by Crippen LogP contribution is 2.31. The Morgan fingerprint density at radius 2 is 1.69 bits per heavy atom. The number of imidazole rings is 1. The average molecular weight is 465 g/mol. The van der Waals surface area contributed by atoms with Gasteiger partial charge < -0.3 is 14.0 Å². The van der Waals surface area contributed by atoms with E-state index in [1.807, 2.05) is 6.07 Å². The second kappa shape index (κ2) is 9.83. The number of ether oxygens (including phenoxy) is 2. The van der Waals surface area contributed by atoms with Crippen LogP contribution >= 0.6 is 0 Å². The van der Waals surface area contributed by atoms with Crippen LogP contribution in [0.25, 0.3) is 21.8 Å². The van der Waals surface area contributed by atoms with E-state index in [-0.39, 0.29) is 5.92 Å². The van der Waals surface area contributed by atoms with Gasteiger partial charge in [0.1, 0.15) is 17.3 Å². The molecule has 0 amide bonds. The number of hydrogen-bond donors (Lipinski definition) is 0. The molecule has 0 saturated heterocycles. The van der Waals surface area contributed by atoms with Gasteiger partial charge >= 0.3 is 0 Å². The number of aromatic nitrogens is 2. The molecule has 0 aliphatic rings. The summed E-state index contributed by atoms with van der Waals surface area (Å²) in [6, 6.07) is 27.5. The minimum Gasteiger partial charge on any atom is -0.497 e. The summed E-state index contributed by atoms with van der Waals surface area (Å²) in [4.78, 5) is 5.06. The molecular formula is C31H32N2O2. The fraction of sp³-hybridized carbons (Fsp3) is 0.258. The fourth-order valence-corrected chi connectivity index (χ4v) is 4.73. The van der Waals surface area contributed by atoms with Crippen molar-refractivity contribution in [2.45, 2.75) is 39.7 Å². The van der Waals surface area contributed by atoms with Crippen molar-refractivity contribution < 1.29 is 9.47 Å². The summed E-state index contributed by atoms with van der Waals surface area (Å²) in [6.07, 6.45) is 0.908. The second-order valence-electron chi connectivity index (χ2n) is 9.20. The van der Waals surface area contributed by atoms with Crippen molar-refractivity contribution in [3.05, 3.63) is 101 Å². The molecule has 0 saturated carbocycles. The molecule has 0 N–H and O–H groups in total. The summed E-state index contributed by atoms with van der Waals surface area (Å²) in [5, 5.41) is 2.39. The lowest BCUT2D eigenvalue weighted by atomic mass is 9.97. The highest BCUT2D eigenvalue weighted by molar-refractivity contribution is 5.85. The van der Waals surface area contributed by atoms with Crippen molar-refractivity contribution in [1.29, 1.82) is 0 Å². The van der Waals surface area contributed by atoms with Crippen LogP contribution in [0.4, 0.5) is 0 Å². The highest BCUT2D eigenvalue weighted by Gasteiger charge is 2.18. The molecule has 1 aromatic heterocycles. The zero-order valence-electron chi connectivity index (χ0n) is 20.9. The first-order chi connectivity index (χ1) is 17.0. The maximum atomic E-state index is 6.14. The number of rotatable bonds is 8. The molecule has 1 atom stereocenters. The van der Waals surface area contributed by atoms with Gasteiger partial charge in [-0.2, -0.15) is 0 Å². The SMILES string of the molecule is COc1ccc2cc(C(C)c3nc4ccccc4n3CCCOc3cccc(C)c3C)ccc2c1. The van der Waals surface area contributed by atoms with E-state index in [9.17, 15) is 0 Å². The Hall–Kier alpha value is -3.79. The van der Waals surface area contributed by atoms with E-state index < -0.39 is 0 Å². The minimum absolute atomic E-state index is 0.161. The van der Waals surface area contributed by atoms with Crippen molar-refractivity contribution in [2.75, 3.05) is 13.7 Å². The van der Waals surface area contributed by atoms with Crippen LogP contribution in [0.5, 0.6) is 11.5 Å². The molecule has 1 heterocycles. The van der Waals surface area contributed by atoms with E-state index >= 15 is 0 Å². The van der Waals surface area contributed by atoms with Gasteiger partial charge in [-0.3, -0.25) is 0 Å². The third-order valence-electron chi connectivity index (χ3n) is 6.98. The van der Waals surface area contributed by atoms with Gasteiger partial charge in [0.15, 0.2) is 0 Å². The second-order valence-corrected chi connectivity index (χ2v) is 9.20. The van der Waals surface area contributed by atoms with Crippen LogP contribution in [0.1, 0.15) is 41.8 Å². The number of nitrogens with zero attached hydrogens (tertiary/aromatic N) is 2. The molecule has 0 aliphatic heterocycles. The standard InChI is InChI=1S/C31H32N2O2/c1-21-9-7-12-30(22(21)2)35-18-8-17-33-29-11-6-5-10-28(29)32-31(33)23(3)24-13-14-26-20-27(34-4)16-15-25(26)19-24/h5-7,9-16,19-20,23H,8,17-18H2,1-4H3. The molecule has 4 aromatic carbocycles. The normalized spacial score (nSPS) is 12.2. The zero-order chi connectivity index (χ0) is 24.4. The Labute approximate surface area is 207 Å². The summed E-state index contributed by atoms with van der Waals surface area (Å²) in [5.41, 5.74) is 5.93. The summed E-state index contributed by atoms with van der Waals surface area (Å²) in [6.45, 7) is 8.01. The first-order valence-corrected chi connectivity index (χ1v) is 12.3. The monoisotopic (exact) mass is 464 g/mol. The fourth-order valence-electron chi connectivity index (χ4n) is 4.73. The highest BCUT2D eigenvalue weighted by atomic mass is 16.5. The van der Waals surface area contributed by atoms with Crippen LogP contribution in [-0.2, 0) is 6.54 Å². The van der Waals surface area contributed by atoms with Crippen LogP contribution in [0, 0.1) is 13.8 Å². The molecule has 0 fully saturated rings. The van der Waals surface area contributed by atoms with Crippen LogP contribution in [-0.4, -0.2) is 23.3 Å². The zero-order valence-corrected chi connectivity index (χ0v) is 20.9. The van der Waals surface area contributed by atoms with Crippen molar-refractivity contribution in [3.63, 3.8) is 0 Å². The molecule has 0 bridgehead atoms. The van der Waals surface area contributed by atoms with Gasteiger partial charge in [0.2, 0.25) is 0 Å². The lowest BCUT2D eigenvalue weighted by Crippen LogP contribution is -2.11. The van der Waals surface area contributed by atoms with Gasteiger partial charge in [0.05, 0.1) is 24.8 Å². The van der Waals surface area contributed by atoms with Crippen LogP contribution < -0.4 is 9.47 Å². The third kappa shape index (κ3) is 4.61. The smallest absolute Gasteiger partial charge is 0.122 e. The molecule has 1 unspecified atom stereocenters. The Bertz CT molecular complexity index is 1480. The topological polar surface area (TPSA) is 36.3 Å². The molecular weight excluding hydrogens is 432 g/mol. The van der Waals surface area contributed by atoms with Crippen molar-refractivity contribution in [2.24, 2.45) is 0 Å². The largest absolute Gasteiger partial charge is 0.497 e. The first-order valence-electron chi connectivity index (χ1n) is 12.3. The average Bonchev–Trinajstić information content (AvgIpc) is 3.26. The van der Waals surface area contributed by atoms with Crippen molar-refractivity contribution in [3.8, 4) is 11.5 Å². The molecule has 5 aromatic rings. The summed E-state index contributed by atoms with van der Waals surface area (Å²) < 4.78 is 13.9. The molecule has 4 nitrogen and oxygen atoms in total. The van der Waals surface area contributed by atoms with E-state index in [2.05, 4.69) is 98.1 Å². The Morgan fingerprint density at radius 3 is 2.54 bits per heavy atom. The Balaban J connectivity index is 1.40. The Morgan fingerprint density at radius 1 is 0.886 bits per heavy atom. The quantitative estimate of drug-likeness (QED) is 0.224. The summed E-state index contributed by atoms with van der Waals surface area (Å²) in [7, 11) is 1.70. The van der Waals surface area contributed by atoms with E-state index in [1.165, 1.54) is 33.0 Å². The molecule has 0 aliphatic carbocycles. The summed E-state index contributed by atoms with van der Waals surface area (Å²) >= 11 is 0. The molecule has 0 radical (unpaired) electrons. The van der Waals surface area contributed by atoms with Crippen molar-refractivity contribution in [1.82, 2.24) is 9.55 Å². The maximum absolute atomic E-state index is 6.14. The predicted octanol–water partition coefficient (Wildman–Crippen LogP) is 7.44. The van der Waals surface area contributed by atoms with Gasteiger partial charge in [-0.15, -0.1) is 0 Å². The molecule has 0 spiro atoms. The van der Waals surface area contributed by atoms with Gasteiger partial charge in [-0.25, -0.2) is 4.98 Å². The van der Waals surface area contributed by atoms with E-state index in [0.29, 0.717) is 6.61 Å². The summed E-state index contributed by atoms with van der Waals surface area (Å²) in [5.74, 6) is 3.10. The molecule has 5 rings (SSSR count). The molecule has 35 heavy (non-hydrogen) atoms. The van der Waals surface area contributed by atoms with Crippen LogP contribution in [0.15, 0.2) is 78.9 Å². The number of fused-ring (bicyclic) bond motifs is 2. The maximum Gasteiger partial charge on any atom is 0.122 e. The van der Waals surface area contributed by atoms with Crippen LogP contribution in [0.3, 0.4) is 0 Å². The minimum atomic E-state index is 0.161. The van der Waals surface area contributed by atoms with E-state index in [4.69, 9.17) is 14.5 Å². The third-order valence-corrected chi connectivity index (χ3v) is 6.98. The predicted molar refractivity (Wildman–Crippen MR) is 144 cm³/mol. The molecule has 4 heteroatoms.